The Hall–Kier alpha value is -0.350. The smallest absolute Gasteiger partial charge is 0.161 e. The van der Waals surface area contributed by atoms with Gasteiger partial charge < -0.3 is 0 Å². The lowest BCUT2D eigenvalue weighted by Gasteiger charge is -1.85. The van der Waals surface area contributed by atoms with Crippen molar-refractivity contribution in [2.75, 3.05) is 6.26 Å². The van der Waals surface area contributed by atoms with Crippen LogP contribution in [0, 0.1) is 0 Å². The van der Waals surface area contributed by atoms with E-state index in [9.17, 15) is 4.79 Å². The Morgan fingerprint density at radius 2 is 2.70 bits per heavy atom. The molecule has 1 aromatic heterocycles. The molecule has 0 aliphatic rings. The molecule has 0 atom stereocenters. The summed E-state index contributed by atoms with van der Waals surface area (Å²) in [6.07, 6.45) is 4.46. The Balaban J connectivity index is 2.68. The van der Waals surface area contributed by atoms with Crippen LogP contribution in [0.2, 0.25) is 0 Å². The molecule has 0 unspecified atom stereocenters. The van der Waals surface area contributed by atoms with Gasteiger partial charge in [-0.1, -0.05) is 0 Å². The lowest BCUT2D eigenvalue weighted by atomic mass is 10.6. The first-order valence-electron chi connectivity index (χ1n) is 2.75. The van der Waals surface area contributed by atoms with Crippen LogP contribution < -0.4 is 0 Å². The third kappa shape index (κ3) is 1.82. The summed E-state index contributed by atoms with van der Waals surface area (Å²) < 4.78 is 0. The second-order valence-corrected chi connectivity index (χ2v) is 3.72. The number of aldehydes is 1. The molecule has 0 aliphatic heterocycles. The van der Waals surface area contributed by atoms with E-state index in [0.717, 1.165) is 17.0 Å². The molecule has 4 heteroatoms. The van der Waals surface area contributed by atoms with E-state index in [1.54, 1.807) is 18.0 Å². The van der Waals surface area contributed by atoms with Gasteiger partial charge >= 0.3 is 0 Å². The van der Waals surface area contributed by atoms with Crippen LogP contribution in [-0.4, -0.2) is 17.5 Å². The van der Waals surface area contributed by atoms with Gasteiger partial charge in [-0.25, -0.2) is 4.98 Å². The van der Waals surface area contributed by atoms with E-state index in [-0.39, 0.29) is 0 Å². The van der Waals surface area contributed by atoms with Gasteiger partial charge in [0, 0.05) is 11.9 Å². The Morgan fingerprint density at radius 1 is 1.90 bits per heavy atom. The van der Waals surface area contributed by atoms with Crippen LogP contribution >= 0.6 is 23.1 Å². The molecule has 1 rings (SSSR count). The van der Waals surface area contributed by atoms with Gasteiger partial charge in [-0.15, -0.1) is 11.3 Å². The molecule has 0 bridgehead atoms. The van der Waals surface area contributed by atoms with Crippen LogP contribution in [0.5, 0.6) is 0 Å². The van der Waals surface area contributed by atoms with E-state index in [2.05, 4.69) is 4.98 Å². The largest absolute Gasteiger partial charge is 0.297 e. The van der Waals surface area contributed by atoms with Crippen molar-refractivity contribution in [3.05, 3.63) is 16.1 Å². The summed E-state index contributed by atoms with van der Waals surface area (Å²) in [4.78, 5) is 14.9. The standard InChI is InChI=1S/C6H7NOS2/c1-9-4-6-7-2-5(3-8)10-6/h2-3H,4H2,1H3. The second kappa shape index (κ2) is 3.73. The molecule has 10 heavy (non-hydrogen) atoms. The number of aromatic nitrogens is 1. The molecular formula is C6H7NOS2. The van der Waals surface area contributed by atoms with Crippen LogP contribution in [0.15, 0.2) is 6.20 Å². The highest BCUT2D eigenvalue weighted by molar-refractivity contribution is 7.97. The summed E-state index contributed by atoms with van der Waals surface area (Å²) in [6.45, 7) is 0. The zero-order chi connectivity index (χ0) is 7.40. The molecule has 0 fully saturated rings. The van der Waals surface area contributed by atoms with E-state index in [1.807, 2.05) is 6.26 Å². The van der Waals surface area contributed by atoms with Crippen molar-refractivity contribution < 1.29 is 4.79 Å². The number of nitrogens with zero attached hydrogens (tertiary/aromatic N) is 1. The fraction of sp³-hybridized carbons (Fsp3) is 0.333. The van der Waals surface area contributed by atoms with Gasteiger partial charge in [-0.3, -0.25) is 4.79 Å². The Kier molecular flexibility index (Phi) is 2.89. The van der Waals surface area contributed by atoms with E-state index in [0.29, 0.717) is 4.88 Å². The third-order valence-corrected chi connectivity index (χ3v) is 2.62. The first-order valence-corrected chi connectivity index (χ1v) is 4.96. The fourth-order valence-corrected chi connectivity index (χ4v) is 2.01. The van der Waals surface area contributed by atoms with Gasteiger partial charge in [0.2, 0.25) is 0 Å². The highest BCUT2D eigenvalue weighted by Crippen LogP contribution is 2.15. The van der Waals surface area contributed by atoms with Gasteiger partial charge in [0.1, 0.15) is 5.01 Å². The summed E-state index contributed by atoms with van der Waals surface area (Å²) in [5.41, 5.74) is 0. The normalized spacial score (nSPS) is 9.70. The van der Waals surface area contributed by atoms with E-state index < -0.39 is 0 Å². The summed E-state index contributed by atoms with van der Waals surface area (Å²) in [5.74, 6) is 0.901. The van der Waals surface area contributed by atoms with E-state index in [4.69, 9.17) is 0 Å². The minimum Gasteiger partial charge on any atom is -0.297 e. The van der Waals surface area contributed by atoms with Gasteiger partial charge in [-0.2, -0.15) is 11.8 Å². The maximum absolute atomic E-state index is 10.2. The minimum atomic E-state index is 0.712. The molecule has 0 N–H and O–H groups in total. The van der Waals surface area contributed by atoms with Crippen LogP contribution in [0.3, 0.4) is 0 Å². The molecule has 0 spiro atoms. The maximum Gasteiger partial charge on any atom is 0.161 e. The SMILES string of the molecule is CSCc1ncc(C=O)s1. The van der Waals surface area contributed by atoms with Crippen LogP contribution in [0.1, 0.15) is 14.7 Å². The molecule has 0 saturated heterocycles. The van der Waals surface area contributed by atoms with E-state index >= 15 is 0 Å². The molecule has 1 aromatic rings. The predicted octanol–water partition coefficient (Wildman–Crippen LogP) is 1.82. The quantitative estimate of drug-likeness (QED) is 0.653. The number of hydrogen-bond acceptors (Lipinski definition) is 4. The summed E-state index contributed by atoms with van der Waals surface area (Å²) in [5, 5.41) is 1.02. The zero-order valence-corrected chi connectivity index (χ0v) is 7.17. The number of rotatable bonds is 3. The first kappa shape index (κ1) is 7.75. The highest BCUT2D eigenvalue weighted by Gasteiger charge is 1.97. The Bertz CT molecular complexity index is 221. The van der Waals surface area contributed by atoms with E-state index in [1.165, 1.54) is 11.3 Å². The highest BCUT2D eigenvalue weighted by atomic mass is 32.2. The average Bonchev–Trinajstić information content (AvgIpc) is 2.37. The van der Waals surface area contributed by atoms with Crippen molar-refractivity contribution in [1.29, 1.82) is 0 Å². The Labute approximate surface area is 67.7 Å². The van der Waals surface area contributed by atoms with Crippen molar-refractivity contribution in [3.63, 3.8) is 0 Å². The lowest BCUT2D eigenvalue weighted by molar-refractivity contribution is 0.112. The molecular weight excluding hydrogens is 166 g/mol. The van der Waals surface area contributed by atoms with Gasteiger partial charge in [0.25, 0.3) is 0 Å². The zero-order valence-electron chi connectivity index (χ0n) is 5.53. The monoisotopic (exact) mass is 173 g/mol. The molecule has 2 nitrogen and oxygen atoms in total. The summed E-state index contributed by atoms with van der Waals surface area (Å²) in [7, 11) is 0. The molecule has 0 radical (unpaired) electrons. The van der Waals surface area contributed by atoms with Crippen molar-refractivity contribution in [3.8, 4) is 0 Å². The molecule has 0 aromatic carbocycles. The van der Waals surface area contributed by atoms with Gasteiger partial charge in [-0.05, 0) is 6.26 Å². The van der Waals surface area contributed by atoms with Crippen molar-refractivity contribution in [2.45, 2.75) is 5.75 Å². The van der Waals surface area contributed by atoms with Crippen LogP contribution in [0.4, 0.5) is 0 Å². The van der Waals surface area contributed by atoms with Crippen LogP contribution in [0.25, 0.3) is 0 Å². The van der Waals surface area contributed by atoms with Gasteiger partial charge in [0.15, 0.2) is 6.29 Å². The maximum atomic E-state index is 10.2. The fourth-order valence-electron chi connectivity index (χ4n) is 0.569. The number of thiazole rings is 1. The third-order valence-electron chi connectivity index (χ3n) is 0.955. The topological polar surface area (TPSA) is 30.0 Å². The van der Waals surface area contributed by atoms with Crippen LogP contribution in [-0.2, 0) is 5.75 Å². The molecule has 0 saturated carbocycles. The summed E-state index contributed by atoms with van der Waals surface area (Å²) in [6, 6.07) is 0. The van der Waals surface area contributed by atoms with Crippen molar-refractivity contribution in [1.82, 2.24) is 4.98 Å². The van der Waals surface area contributed by atoms with Crippen molar-refractivity contribution >= 4 is 29.4 Å². The predicted molar refractivity (Wildman–Crippen MR) is 44.7 cm³/mol. The number of hydrogen-bond donors (Lipinski definition) is 0. The Morgan fingerprint density at radius 3 is 3.20 bits per heavy atom. The van der Waals surface area contributed by atoms with Gasteiger partial charge in [0.05, 0.1) is 4.88 Å². The lowest BCUT2D eigenvalue weighted by Crippen LogP contribution is -1.72. The number of carbonyl (C=O) groups excluding carboxylic acids is 1. The molecule has 1 heterocycles. The average molecular weight is 173 g/mol. The minimum absolute atomic E-state index is 0.712. The molecule has 0 amide bonds. The number of thioether (sulfide) groups is 1. The number of carbonyl (C=O) groups is 1. The second-order valence-electron chi connectivity index (χ2n) is 1.71. The van der Waals surface area contributed by atoms with Crippen molar-refractivity contribution in [2.24, 2.45) is 0 Å². The molecule has 0 aliphatic carbocycles. The first-order chi connectivity index (χ1) is 4.86. The summed E-state index contributed by atoms with van der Waals surface area (Å²) >= 11 is 3.17. The molecule has 54 valence electrons.